The van der Waals surface area contributed by atoms with E-state index in [-0.39, 0.29) is 6.10 Å². The van der Waals surface area contributed by atoms with Crippen LogP contribution in [0.4, 0.5) is 16.3 Å². The van der Waals surface area contributed by atoms with Gasteiger partial charge in [0.05, 0.1) is 18.0 Å². The number of carbonyl (C=O) groups is 1. The summed E-state index contributed by atoms with van der Waals surface area (Å²) in [7, 11) is 0. The highest BCUT2D eigenvalue weighted by atomic mass is 16.6. The van der Waals surface area contributed by atoms with Gasteiger partial charge in [-0.15, -0.1) is 0 Å². The molecule has 0 bridgehead atoms. The molecule has 2 N–H and O–H groups in total. The molecule has 1 atom stereocenters. The Morgan fingerprint density at radius 3 is 2.73 bits per heavy atom. The number of nitrogens with zero attached hydrogens (tertiary/aromatic N) is 2. The number of carbonyl (C=O) groups excluding carboxylic acids is 1. The van der Waals surface area contributed by atoms with E-state index in [2.05, 4.69) is 10.3 Å². The molecule has 22 heavy (non-hydrogen) atoms. The van der Waals surface area contributed by atoms with Crippen molar-refractivity contribution in [3.8, 4) is 5.75 Å². The molecule has 1 aromatic heterocycles. The minimum absolute atomic E-state index is 0.291. The maximum absolute atomic E-state index is 11.8. The van der Waals surface area contributed by atoms with Crippen molar-refractivity contribution in [3.05, 3.63) is 48.7 Å². The Hall–Kier alpha value is -2.60. The van der Waals surface area contributed by atoms with Gasteiger partial charge in [0.1, 0.15) is 11.6 Å². The number of aromatic nitrogens is 1. The summed E-state index contributed by atoms with van der Waals surface area (Å²) in [4.78, 5) is 18.1. The maximum atomic E-state index is 11.8. The number of nitrogens with one attached hydrogen (secondary N) is 1. The topological polar surface area (TPSA) is 74.7 Å². The average molecular weight is 299 g/mol. The van der Waals surface area contributed by atoms with Crippen LogP contribution in [0, 0.1) is 0 Å². The first-order valence-corrected chi connectivity index (χ1v) is 7.13. The molecule has 6 heteroatoms. The quantitative estimate of drug-likeness (QED) is 0.909. The number of amides is 1. The third-order valence-corrected chi connectivity index (χ3v) is 3.44. The minimum Gasteiger partial charge on any atom is -0.410 e. The molecule has 0 radical (unpaired) electrons. The van der Waals surface area contributed by atoms with Gasteiger partial charge in [-0.2, -0.15) is 0 Å². The van der Waals surface area contributed by atoms with Gasteiger partial charge in [-0.3, -0.25) is 5.32 Å². The van der Waals surface area contributed by atoms with Gasteiger partial charge in [0.25, 0.3) is 0 Å². The zero-order valence-electron chi connectivity index (χ0n) is 12.0. The molecule has 1 fully saturated rings. The van der Waals surface area contributed by atoms with Gasteiger partial charge in [0.2, 0.25) is 0 Å². The van der Waals surface area contributed by atoms with Crippen LogP contribution in [0.2, 0.25) is 0 Å². The van der Waals surface area contributed by atoms with Crippen molar-refractivity contribution >= 4 is 17.6 Å². The molecule has 1 amide bonds. The Morgan fingerprint density at radius 2 is 2.09 bits per heavy atom. The summed E-state index contributed by atoms with van der Waals surface area (Å²) in [6.45, 7) is 1.38. The molecule has 1 unspecified atom stereocenters. The minimum atomic E-state index is -0.558. The second-order valence-corrected chi connectivity index (χ2v) is 5.12. The molecule has 0 spiro atoms. The fourth-order valence-corrected chi connectivity index (χ4v) is 2.34. The molecule has 0 aliphatic carbocycles. The monoisotopic (exact) mass is 299 g/mol. The molecule has 114 valence electrons. The third kappa shape index (κ3) is 3.53. The fourth-order valence-electron chi connectivity index (χ4n) is 2.34. The van der Waals surface area contributed by atoms with E-state index in [0.717, 1.165) is 18.8 Å². The smallest absolute Gasteiger partial charge is 0.410 e. The van der Waals surface area contributed by atoms with E-state index < -0.39 is 6.09 Å². The number of aliphatic hydroxyl groups excluding tert-OH is 1. The summed E-state index contributed by atoms with van der Waals surface area (Å²) in [5.41, 5.74) is 0.560. The standard InChI is InChI=1S/C16H17N3O3/c20-13-8-9-19(11-13)15-7-6-12(10-17-15)18-16(21)22-14-4-2-1-3-5-14/h1-7,10,13,20H,8-9,11H2,(H,18,21). The van der Waals surface area contributed by atoms with Gasteiger partial charge in [0, 0.05) is 13.1 Å². The molecule has 2 aromatic rings. The second kappa shape index (κ2) is 6.44. The normalized spacial score (nSPS) is 17.3. The summed E-state index contributed by atoms with van der Waals surface area (Å²) < 4.78 is 5.14. The SMILES string of the molecule is O=C(Nc1ccc(N2CCC(O)C2)nc1)Oc1ccccc1. The van der Waals surface area contributed by atoms with Crippen molar-refractivity contribution < 1.29 is 14.6 Å². The predicted molar refractivity (Wildman–Crippen MR) is 83.2 cm³/mol. The van der Waals surface area contributed by atoms with Crippen molar-refractivity contribution in [2.75, 3.05) is 23.3 Å². The third-order valence-electron chi connectivity index (χ3n) is 3.44. The highest BCUT2D eigenvalue weighted by Gasteiger charge is 2.21. The molecule has 0 saturated carbocycles. The summed E-state index contributed by atoms with van der Waals surface area (Å²) in [5.74, 6) is 1.27. The van der Waals surface area contributed by atoms with Crippen LogP contribution in [-0.2, 0) is 0 Å². The Bertz CT molecular complexity index is 631. The number of anilines is 2. The van der Waals surface area contributed by atoms with Gasteiger partial charge < -0.3 is 14.7 Å². The van der Waals surface area contributed by atoms with Crippen LogP contribution in [0.5, 0.6) is 5.75 Å². The summed E-state index contributed by atoms with van der Waals surface area (Å²) >= 11 is 0. The van der Waals surface area contributed by atoms with Crippen LogP contribution < -0.4 is 15.0 Å². The zero-order chi connectivity index (χ0) is 15.4. The Morgan fingerprint density at radius 1 is 1.27 bits per heavy atom. The van der Waals surface area contributed by atoms with Gasteiger partial charge >= 0.3 is 6.09 Å². The predicted octanol–water partition coefficient (Wildman–Crippen LogP) is 2.26. The number of ether oxygens (including phenoxy) is 1. The van der Waals surface area contributed by atoms with Crippen LogP contribution in [0.3, 0.4) is 0 Å². The molecule has 1 aliphatic heterocycles. The number of benzene rings is 1. The Kier molecular flexibility index (Phi) is 4.20. The lowest BCUT2D eigenvalue weighted by Crippen LogP contribution is -2.22. The van der Waals surface area contributed by atoms with Crippen LogP contribution in [0.15, 0.2) is 48.7 Å². The van der Waals surface area contributed by atoms with Crippen LogP contribution >= 0.6 is 0 Å². The molecule has 2 heterocycles. The number of hydrogen-bond donors (Lipinski definition) is 2. The first kappa shape index (κ1) is 14.3. The molecule has 1 aromatic carbocycles. The Labute approximate surface area is 128 Å². The molecular weight excluding hydrogens is 282 g/mol. The highest BCUT2D eigenvalue weighted by Crippen LogP contribution is 2.19. The lowest BCUT2D eigenvalue weighted by atomic mass is 10.3. The number of para-hydroxylation sites is 1. The van der Waals surface area contributed by atoms with Crippen LogP contribution in [0.25, 0.3) is 0 Å². The van der Waals surface area contributed by atoms with Gasteiger partial charge in [-0.25, -0.2) is 9.78 Å². The van der Waals surface area contributed by atoms with E-state index in [9.17, 15) is 9.90 Å². The lowest BCUT2D eigenvalue weighted by Gasteiger charge is -2.16. The van der Waals surface area contributed by atoms with E-state index in [1.807, 2.05) is 17.0 Å². The van der Waals surface area contributed by atoms with E-state index in [4.69, 9.17) is 4.74 Å². The zero-order valence-corrected chi connectivity index (χ0v) is 12.0. The van der Waals surface area contributed by atoms with Gasteiger partial charge in [-0.05, 0) is 30.7 Å². The highest BCUT2D eigenvalue weighted by molar-refractivity contribution is 5.86. The average Bonchev–Trinajstić information content (AvgIpc) is 2.95. The fraction of sp³-hybridized carbons (Fsp3) is 0.250. The summed E-state index contributed by atoms with van der Waals surface area (Å²) in [5, 5.41) is 12.2. The van der Waals surface area contributed by atoms with Crippen molar-refractivity contribution in [2.24, 2.45) is 0 Å². The molecule has 1 saturated heterocycles. The van der Waals surface area contributed by atoms with E-state index >= 15 is 0 Å². The second-order valence-electron chi connectivity index (χ2n) is 5.12. The first-order chi connectivity index (χ1) is 10.7. The van der Waals surface area contributed by atoms with E-state index in [0.29, 0.717) is 18.0 Å². The number of aliphatic hydroxyl groups is 1. The first-order valence-electron chi connectivity index (χ1n) is 7.13. The Balaban J connectivity index is 1.58. The number of β-amino-alcohol motifs (C(OH)–C–C–N with tert-alkyl or cyclic N) is 1. The molecule has 1 aliphatic rings. The molecule has 6 nitrogen and oxygen atoms in total. The maximum Gasteiger partial charge on any atom is 0.417 e. The number of rotatable bonds is 3. The number of pyridine rings is 1. The van der Waals surface area contributed by atoms with Crippen molar-refractivity contribution in [1.82, 2.24) is 4.98 Å². The lowest BCUT2D eigenvalue weighted by molar-refractivity contribution is 0.198. The largest absolute Gasteiger partial charge is 0.417 e. The molecular formula is C16H17N3O3. The molecule has 3 rings (SSSR count). The van der Waals surface area contributed by atoms with Crippen LogP contribution in [0.1, 0.15) is 6.42 Å². The van der Waals surface area contributed by atoms with Gasteiger partial charge in [-0.1, -0.05) is 18.2 Å². The number of hydrogen-bond acceptors (Lipinski definition) is 5. The summed E-state index contributed by atoms with van der Waals surface area (Å²) in [6, 6.07) is 12.4. The van der Waals surface area contributed by atoms with Crippen molar-refractivity contribution in [1.29, 1.82) is 0 Å². The van der Waals surface area contributed by atoms with Crippen LogP contribution in [-0.4, -0.2) is 35.4 Å². The van der Waals surface area contributed by atoms with E-state index in [1.165, 1.54) is 0 Å². The van der Waals surface area contributed by atoms with E-state index in [1.54, 1.807) is 36.5 Å². The summed E-state index contributed by atoms with van der Waals surface area (Å²) in [6.07, 6.45) is 1.48. The van der Waals surface area contributed by atoms with Crippen molar-refractivity contribution in [2.45, 2.75) is 12.5 Å². The van der Waals surface area contributed by atoms with Crippen molar-refractivity contribution in [3.63, 3.8) is 0 Å². The van der Waals surface area contributed by atoms with Gasteiger partial charge in [0.15, 0.2) is 0 Å².